The highest BCUT2D eigenvalue weighted by Crippen LogP contribution is 2.12. The van der Waals surface area contributed by atoms with Crippen molar-refractivity contribution in [3.8, 4) is 6.07 Å². The smallest absolute Gasteiger partial charge is 0.103 e. The number of nitriles is 1. The molecule has 0 saturated carbocycles. The summed E-state index contributed by atoms with van der Waals surface area (Å²) in [4.78, 5) is 2.47. The van der Waals surface area contributed by atoms with Crippen LogP contribution in [-0.2, 0) is 4.74 Å². The van der Waals surface area contributed by atoms with Crippen molar-refractivity contribution in [2.75, 3.05) is 39.9 Å². The third kappa shape index (κ3) is 5.49. The minimum Gasteiger partial charge on any atom is -0.380 e. The van der Waals surface area contributed by atoms with Gasteiger partial charge in [-0.25, -0.2) is 0 Å². The Balaban J connectivity index is 2.13. The maximum Gasteiger partial charge on any atom is 0.103 e. The van der Waals surface area contributed by atoms with Crippen molar-refractivity contribution in [1.82, 2.24) is 10.2 Å². The van der Waals surface area contributed by atoms with Gasteiger partial charge in [0.2, 0.25) is 0 Å². The van der Waals surface area contributed by atoms with Gasteiger partial charge >= 0.3 is 0 Å². The quantitative estimate of drug-likeness (QED) is 0.711. The molecule has 1 saturated heterocycles. The Hall–Kier alpha value is -0.630. The molecule has 0 aliphatic carbocycles. The Bertz CT molecular complexity index is 244. The Morgan fingerprint density at radius 2 is 2.18 bits per heavy atom. The monoisotopic (exact) mass is 239 g/mol. The van der Waals surface area contributed by atoms with Crippen LogP contribution in [0.3, 0.4) is 0 Å². The number of rotatable bonds is 6. The number of hydrogen-bond donors (Lipinski definition) is 1. The van der Waals surface area contributed by atoms with Gasteiger partial charge in [-0.2, -0.15) is 5.26 Å². The minimum atomic E-state index is -0.359. The van der Waals surface area contributed by atoms with Gasteiger partial charge in [-0.1, -0.05) is 0 Å². The highest BCUT2D eigenvalue weighted by Gasteiger charge is 2.20. The number of ether oxygens (including phenoxy) is 1. The highest BCUT2D eigenvalue weighted by atomic mass is 16.5. The average molecular weight is 239 g/mol. The molecule has 0 bridgehead atoms. The summed E-state index contributed by atoms with van der Waals surface area (Å²) in [6.45, 7) is 7.08. The van der Waals surface area contributed by atoms with Crippen LogP contribution in [0.15, 0.2) is 0 Å². The molecule has 1 fully saturated rings. The van der Waals surface area contributed by atoms with Crippen LogP contribution in [0, 0.1) is 11.3 Å². The van der Waals surface area contributed by atoms with Gasteiger partial charge in [0, 0.05) is 19.7 Å². The van der Waals surface area contributed by atoms with E-state index in [0.29, 0.717) is 0 Å². The summed E-state index contributed by atoms with van der Waals surface area (Å²) in [5, 5.41) is 12.1. The van der Waals surface area contributed by atoms with E-state index in [-0.39, 0.29) is 5.54 Å². The maximum atomic E-state index is 9.03. The molecule has 0 spiro atoms. The van der Waals surface area contributed by atoms with Gasteiger partial charge < -0.3 is 15.0 Å². The zero-order chi connectivity index (χ0) is 12.6. The molecule has 0 aromatic carbocycles. The highest BCUT2D eigenvalue weighted by molar-refractivity contribution is 5.02. The molecule has 1 heterocycles. The van der Waals surface area contributed by atoms with E-state index < -0.39 is 0 Å². The summed E-state index contributed by atoms with van der Waals surface area (Å²) < 4.78 is 5.43. The van der Waals surface area contributed by atoms with Crippen LogP contribution in [-0.4, -0.2) is 50.3 Å². The van der Waals surface area contributed by atoms with Crippen molar-refractivity contribution in [1.29, 1.82) is 5.26 Å². The lowest BCUT2D eigenvalue weighted by Gasteiger charge is -2.22. The third-order valence-electron chi connectivity index (χ3n) is 3.51. The first kappa shape index (κ1) is 14.4. The molecule has 0 aromatic heterocycles. The number of unbranched alkanes of at least 4 members (excludes halogenated alkanes) is 1. The molecule has 1 N–H and O–H groups in total. The van der Waals surface area contributed by atoms with Crippen molar-refractivity contribution < 1.29 is 4.74 Å². The van der Waals surface area contributed by atoms with E-state index in [0.717, 1.165) is 52.1 Å². The average Bonchev–Trinajstić information content (AvgIpc) is 2.63. The molecule has 1 atom stereocenters. The van der Waals surface area contributed by atoms with E-state index in [1.807, 2.05) is 14.0 Å². The summed E-state index contributed by atoms with van der Waals surface area (Å²) in [5.41, 5.74) is -0.359. The molecule has 4 nitrogen and oxygen atoms in total. The van der Waals surface area contributed by atoms with Gasteiger partial charge in [0.15, 0.2) is 0 Å². The second-order valence-corrected chi connectivity index (χ2v) is 4.96. The van der Waals surface area contributed by atoms with Gasteiger partial charge in [-0.15, -0.1) is 0 Å². The Labute approximate surface area is 105 Å². The lowest BCUT2D eigenvalue weighted by Crippen LogP contribution is -2.38. The van der Waals surface area contributed by atoms with Gasteiger partial charge in [-0.3, -0.25) is 0 Å². The van der Waals surface area contributed by atoms with E-state index in [4.69, 9.17) is 10.00 Å². The van der Waals surface area contributed by atoms with Crippen molar-refractivity contribution in [3.63, 3.8) is 0 Å². The fourth-order valence-corrected chi connectivity index (χ4v) is 2.07. The Morgan fingerprint density at radius 1 is 1.35 bits per heavy atom. The summed E-state index contributed by atoms with van der Waals surface area (Å²) in [6, 6.07) is 2.33. The number of nitrogens with one attached hydrogen (secondary N) is 1. The molecular formula is C13H25N3O. The molecule has 4 heteroatoms. The SMILES string of the molecule is CNC(C)(C#N)CCCCN1CCCOCC1. The van der Waals surface area contributed by atoms with Crippen LogP contribution in [0.4, 0.5) is 0 Å². The molecule has 0 radical (unpaired) electrons. The molecule has 0 amide bonds. The first-order valence-corrected chi connectivity index (χ1v) is 6.60. The summed E-state index contributed by atoms with van der Waals surface area (Å²) >= 11 is 0. The van der Waals surface area contributed by atoms with Crippen LogP contribution in [0.1, 0.15) is 32.6 Å². The summed E-state index contributed by atoms with van der Waals surface area (Å²) in [6.07, 6.45) is 4.33. The van der Waals surface area contributed by atoms with Gasteiger partial charge in [0.25, 0.3) is 0 Å². The largest absolute Gasteiger partial charge is 0.380 e. The predicted molar refractivity (Wildman–Crippen MR) is 68.8 cm³/mol. The van der Waals surface area contributed by atoms with Crippen LogP contribution in [0.5, 0.6) is 0 Å². The molecule has 1 aliphatic heterocycles. The molecule has 1 unspecified atom stereocenters. The second kappa shape index (κ2) is 7.65. The third-order valence-corrected chi connectivity index (χ3v) is 3.51. The normalized spacial score (nSPS) is 21.5. The lowest BCUT2D eigenvalue weighted by atomic mass is 9.97. The molecule has 98 valence electrons. The minimum absolute atomic E-state index is 0.359. The van der Waals surface area contributed by atoms with Crippen LogP contribution < -0.4 is 5.32 Å². The number of nitrogens with zero attached hydrogens (tertiary/aromatic N) is 2. The molecule has 17 heavy (non-hydrogen) atoms. The fourth-order valence-electron chi connectivity index (χ4n) is 2.07. The summed E-state index contributed by atoms with van der Waals surface area (Å²) in [5.74, 6) is 0. The molecular weight excluding hydrogens is 214 g/mol. The van der Waals surface area contributed by atoms with Crippen molar-refractivity contribution >= 4 is 0 Å². The zero-order valence-electron chi connectivity index (χ0n) is 11.2. The molecule has 1 aliphatic rings. The topological polar surface area (TPSA) is 48.3 Å². The second-order valence-electron chi connectivity index (χ2n) is 4.96. The van der Waals surface area contributed by atoms with Gasteiger partial charge in [0.05, 0.1) is 12.7 Å². The van der Waals surface area contributed by atoms with E-state index in [2.05, 4.69) is 16.3 Å². The Kier molecular flexibility index (Phi) is 6.49. The van der Waals surface area contributed by atoms with Crippen molar-refractivity contribution in [3.05, 3.63) is 0 Å². The Morgan fingerprint density at radius 3 is 2.88 bits per heavy atom. The van der Waals surface area contributed by atoms with Crippen LogP contribution in [0.25, 0.3) is 0 Å². The van der Waals surface area contributed by atoms with E-state index in [9.17, 15) is 0 Å². The maximum absolute atomic E-state index is 9.03. The number of hydrogen-bond acceptors (Lipinski definition) is 4. The summed E-state index contributed by atoms with van der Waals surface area (Å²) in [7, 11) is 1.86. The van der Waals surface area contributed by atoms with Crippen LogP contribution in [0.2, 0.25) is 0 Å². The zero-order valence-corrected chi connectivity index (χ0v) is 11.2. The fraction of sp³-hybridized carbons (Fsp3) is 0.923. The standard InChI is InChI=1S/C13H25N3O/c1-13(12-14,15-2)6-3-4-7-16-8-5-10-17-11-9-16/h15H,3-11H2,1-2H3. The van der Waals surface area contributed by atoms with E-state index >= 15 is 0 Å². The van der Waals surface area contributed by atoms with Crippen molar-refractivity contribution in [2.45, 2.75) is 38.1 Å². The molecule has 1 rings (SSSR count). The van der Waals surface area contributed by atoms with Gasteiger partial charge in [0.1, 0.15) is 5.54 Å². The van der Waals surface area contributed by atoms with Crippen molar-refractivity contribution in [2.24, 2.45) is 0 Å². The predicted octanol–water partition coefficient (Wildman–Crippen LogP) is 1.38. The lowest BCUT2D eigenvalue weighted by molar-refractivity contribution is 0.141. The van der Waals surface area contributed by atoms with E-state index in [1.165, 1.54) is 6.42 Å². The van der Waals surface area contributed by atoms with Gasteiger partial charge in [-0.05, 0) is 46.2 Å². The molecule has 0 aromatic rings. The van der Waals surface area contributed by atoms with E-state index in [1.54, 1.807) is 0 Å². The van der Waals surface area contributed by atoms with Crippen LogP contribution >= 0.6 is 0 Å². The first-order chi connectivity index (χ1) is 8.20. The first-order valence-electron chi connectivity index (χ1n) is 6.60.